The quantitative estimate of drug-likeness (QED) is 0.900. The number of aromatic nitrogens is 2. The van der Waals surface area contributed by atoms with E-state index in [1.807, 2.05) is 0 Å². The third-order valence-electron chi connectivity index (χ3n) is 3.98. The second-order valence-corrected chi connectivity index (χ2v) is 7.47. The fourth-order valence-corrected chi connectivity index (χ4v) is 4.37. The minimum atomic E-state index is -3.86. The number of anilines is 1. The van der Waals surface area contributed by atoms with Crippen molar-refractivity contribution in [3.63, 3.8) is 0 Å². The van der Waals surface area contributed by atoms with Crippen molar-refractivity contribution in [1.29, 1.82) is 0 Å². The molecule has 128 valence electrons. The summed E-state index contributed by atoms with van der Waals surface area (Å²) in [5.41, 5.74) is 0. The van der Waals surface area contributed by atoms with E-state index in [4.69, 9.17) is 0 Å². The molecule has 1 N–H and O–H groups in total. The maximum atomic E-state index is 13.0. The van der Waals surface area contributed by atoms with Crippen LogP contribution in [0.5, 0.6) is 0 Å². The maximum absolute atomic E-state index is 13.0. The van der Waals surface area contributed by atoms with Gasteiger partial charge in [0, 0.05) is 26.0 Å². The van der Waals surface area contributed by atoms with Crippen molar-refractivity contribution >= 4 is 21.9 Å². The minimum absolute atomic E-state index is 0.0272. The molecule has 1 atom stereocenters. The summed E-state index contributed by atoms with van der Waals surface area (Å²) in [6.07, 6.45) is 4.23. The molecule has 0 radical (unpaired) electrons. The largest absolute Gasteiger partial charge is 0.320 e. The van der Waals surface area contributed by atoms with E-state index in [9.17, 15) is 17.6 Å². The van der Waals surface area contributed by atoms with Gasteiger partial charge in [-0.05, 0) is 37.1 Å². The van der Waals surface area contributed by atoms with E-state index in [2.05, 4.69) is 10.3 Å². The van der Waals surface area contributed by atoms with Crippen LogP contribution in [-0.2, 0) is 21.9 Å². The van der Waals surface area contributed by atoms with E-state index in [0.717, 1.165) is 12.1 Å². The summed E-state index contributed by atoms with van der Waals surface area (Å²) in [4.78, 5) is 16.5. The topological polar surface area (TPSA) is 84.3 Å². The predicted octanol–water partition coefficient (Wildman–Crippen LogP) is 1.35. The van der Waals surface area contributed by atoms with Crippen molar-refractivity contribution in [1.82, 2.24) is 13.9 Å². The van der Waals surface area contributed by atoms with Crippen molar-refractivity contribution in [3.05, 3.63) is 42.5 Å². The maximum Gasteiger partial charge on any atom is 0.245 e. The molecule has 0 bridgehead atoms. The highest BCUT2D eigenvalue weighted by molar-refractivity contribution is 7.89. The monoisotopic (exact) mass is 352 g/mol. The number of nitrogens with one attached hydrogen (secondary N) is 1. The van der Waals surface area contributed by atoms with Gasteiger partial charge in [0.25, 0.3) is 0 Å². The van der Waals surface area contributed by atoms with Crippen LogP contribution in [0.3, 0.4) is 0 Å². The van der Waals surface area contributed by atoms with E-state index >= 15 is 0 Å². The molecule has 1 fully saturated rings. The summed E-state index contributed by atoms with van der Waals surface area (Å²) in [5.74, 6) is -0.585. The lowest BCUT2D eigenvalue weighted by atomic mass is 10.2. The van der Waals surface area contributed by atoms with Gasteiger partial charge in [-0.3, -0.25) is 10.1 Å². The van der Waals surface area contributed by atoms with Gasteiger partial charge in [0.05, 0.1) is 4.90 Å². The van der Waals surface area contributed by atoms with Gasteiger partial charge < -0.3 is 4.57 Å². The molecule has 1 aliphatic rings. The molecule has 24 heavy (non-hydrogen) atoms. The van der Waals surface area contributed by atoms with E-state index in [1.165, 1.54) is 22.6 Å². The Labute approximate surface area is 139 Å². The molecule has 7 nitrogen and oxygen atoms in total. The molecule has 1 aromatic carbocycles. The van der Waals surface area contributed by atoms with Crippen LogP contribution in [0.4, 0.5) is 10.3 Å². The second kappa shape index (κ2) is 6.33. The fraction of sp³-hybridized carbons (Fsp3) is 0.333. The molecule has 1 unspecified atom stereocenters. The van der Waals surface area contributed by atoms with Gasteiger partial charge in [0.2, 0.25) is 21.9 Å². The first-order chi connectivity index (χ1) is 11.4. The van der Waals surface area contributed by atoms with E-state index in [0.29, 0.717) is 18.8 Å². The molecule has 9 heteroatoms. The summed E-state index contributed by atoms with van der Waals surface area (Å²) in [6.45, 7) is 0.248. The minimum Gasteiger partial charge on any atom is -0.320 e. The first-order valence-corrected chi connectivity index (χ1v) is 8.89. The zero-order valence-electron chi connectivity index (χ0n) is 13.0. The van der Waals surface area contributed by atoms with Crippen molar-refractivity contribution < 1.29 is 17.6 Å². The SMILES string of the molecule is Cn1ccnc1NC(=O)C1CCCN1S(=O)(=O)c1ccc(F)cc1. The first kappa shape index (κ1) is 16.6. The first-order valence-electron chi connectivity index (χ1n) is 7.45. The lowest BCUT2D eigenvalue weighted by Crippen LogP contribution is -2.43. The van der Waals surface area contributed by atoms with Crippen molar-refractivity contribution in [3.8, 4) is 0 Å². The highest BCUT2D eigenvalue weighted by Gasteiger charge is 2.39. The Morgan fingerprint density at radius 2 is 2.04 bits per heavy atom. The highest BCUT2D eigenvalue weighted by Crippen LogP contribution is 2.27. The summed E-state index contributed by atoms with van der Waals surface area (Å²) < 4.78 is 41.3. The fourth-order valence-electron chi connectivity index (χ4n) is 2.71. The number of sulfonamides is 1. The van der Waals surface area contributed by atoms with Crippen LogP contribution in [0.15, 0.2) is 41.6 Å². The molecular formula is C15H17FN4O3S. The molecule has 3 rings (SSSR count). The summed E-state index contributed by atoms with van der Waals surface area (Å²) in [5, 5.41) is 2.64. The van der Waals surface area contributed by atoms with Gasteiger partial charge in [-0.1, -0.05) is 0 Å². The number of benzene rings is 1. The summed E-state index contributed by atoms with van der Waals surface area (Å²) in [6, 6.07) is 3.78. The van der Waals surface area contributed by atoms with Crippen LogP contribution >= 0.6 is 0 Å². The van der Waals surface area contributed by atoms with E-state index in [1.54, 1.807) is 17.8 Å². The zero-order chi connectivity index (χ0) is 17.3. The van der Waals surface area contributed by atoms with E-state index < -0.39 is 27.8 Å². The Morgan fingerprint density at radius 1 is 1.33 bits per heavy atom. The van der Waals surface area contributed by atoms with Gasteiger partial charge >= 0.3 is 0 Å². The number of aryl methyl sites for hydroxylation is 1. The Balaban J connectivity index is 1.83. The van der Waals surface area contributed by atoms with Gasteiger partial charge in [-0.25, -0.2) is 17.8 Å². The zero-order valence-corrected chi connectivity index (χ0v) is 13.8. The number of nitrogens with zero attached hydrogens (tertiary/aromatic N) is 3. The highest BCUT2D eigenvalue weighted by atomic mass is 32.2. The molecular weight excluding hydrogens is 335 g/mol. The standard InChI is InChI=1S/C15H17FN4O3S/c1-19-10-8-17-15(19)18-14(21)13-3-2-9-20(13)24(22,23)12-6-4-11(16)5-7-12/h4-8,10,13H,2-3,9H2,1H3,(H,17,18,21). The third-order valence-corrected chi connectivity index (χ3v) is 5.91. The van der Waals surface area contributed by atoms with Crippen LogP contribution in [0, 0.1) is 5.82 Å². The smallest absolute Gasteiger partial charge is 0.245 e. The van der Waals surface area contributed by atoms with Gasteiger partial charge in [0.15, 0.2) is 0 Å². The Morgan fingerprint density at radius 3 is 2.67 bits per heavy atom. The van der Waals surface area contributed by atoms with Crippen LogP contribution in [0.1, 0.15) is 12.8 Å². The van der Waals surface area contributed by atoms with Crippen LogP contribution in [0.2, 0.25) is 0 Å². The molecule has 1 aliphatic heterocycles. The second-order valence-electron chi connectivity index (χ2n) is 5.58. The molecule has 1 saturated heterocycles. The molecule has 1 amide bonds. The summed E-state index contributed by atoms with van der Waals surface area (Å²) in [7, 11) is -2.13. The molecule has 0 aliphatic carbocycles. The predicted molar refractivity (Wildman–Crippen MR) is 85.2 cm³/mol. The Kier molecular flexibility index (Phi) is 4.37. The van der Waals surface area contributed by atoms with Crippen molar-refractivity contribution in [2.24, 2.45) is 7.05 Å². The van der Waals surface area contributed by atoms with Crippen LogP contribution < -0.4 is 5.32 Å². The third kappa shape index (κ3) is 3.04. The Bertz CT molecular complexity index is 848. The number of halogens is 1. The van der Waals surface area contributed by atoms with Crippen LogP contribution in [-0.4, -0.2) is 40.8 Å². The number of hydrogen-bond donors (Lipinski definition) is 1. The Hall–Kier alpha value is -2.26. The number of carbonyl (C=O) groups excluding carboxylic acids is 1. The molecule has 2 heterocycles. The summed E-state index contributed by atoms with van der Waals surface area (Å²) >= 11 is 0. The normalized spacial score (nSPS) is 18.7. The number of carbonyl (C=O) groups is 1. The number of imidazole rings is 1. The van der Waals surface area contributed by atoms with Crippen LogP contribution in [0.25, 0.3) is 0 Å². The average Bonchev–Trinajstić information content (AvgIpc) is 3.18. The molecule has 0 saturated carbocycles. The number of amides is 1. The lowest BCUT2D eigenvalue weighted by molar-refractivity contribution is -0.119. The van der Waals surface area contributed by atoms with Gasteiger partial charge in [-0.2, -0.15) is 4.31 Å². The van der Waals surface area contributed by atoms with Crippen molar-refractivity contribution in [2.75, 3.05) is 11.9 Å². The number of rotatable bonds is 4. The van der Waals surface area contributed by atoms with Crippen molar-refractivity contribution in [2.45, 2.75) is 23.8 Å². The average molecular weight is 352 g/mol. The molecule has 1 aromatic heterocycles. The molecule has 2 aromatic rings. The number of hydrogen-bond acceptors (Lipinski definition) is 4. The lowest BCUT2D eigenvalue weighted by Gasteiger charge is -2.23. The van der Waals surface area contributed by atoms with Gasteiger partial charge in [-0.15, -0.1) is 0 Å². The molecule has 0 spiro atoms. The van der Waals surface area contributed by atoms with Gasteiger partial charge in [0.1, 0.15) is 11.9 Å². The van der Waals surface area contributed by atoms with E-state index in [-0.39, 0.29) is 11.4 Å².